The Bertz CT molecular complexity index is 466. The molecule has 0 radical (unpaired) electrons. The van der Waals surface area contributed by atoms with Crippen LogP contribution in [-0.4, -0.2) is 17.3 Å². The molecule has 1 saturated carbocycles. The molecule has 0 spiro atoms. The summed E-state index contributed by atoms with van der Waals surface area (Å²) < 4.78 is 13.6. The summed E-state index contributed by atoms with van der Waals surface area (Å²) >= 11 is 5.86. The molecular weight excluding hydrogens is 277 g/mol. The first kappa shape index (κ1) is 15.7. The average Bonchev–Trinajstić information content (AvgIpc) is 2.38. The number of halogens is 2. The molecule has 0 bridgehead atoms. The van der Waals surface area contributed by atoms with Gasteiger partial charge in [0.15, 0.2) is 0 Å². The first-order valence-electron chi connectivity index (χ1n) is 7.17. The van der Waals surface area contributed by atoms with Crippen molar-refractivity contribution in [3.8, 4) is 0 Å². The molecule has 4 heteroatoms. The van der Waals surface area contributed by atoms with Crippen LogP contribution in [0.3, 0.4) is 0 Å². The fourth-order valence-electron chi connectivity index (χ4n) is 2.68. The molecule has 112 valence electrons. The lowest BCUT2D eigenvalue weighted by atomic mass is 9.71. The Morgan fingerprint density at radius 2 is 1.90 bits per heavy atom. The number of nitrogens with one attached hydrogen (secondary N) is 1. The quantitative estimate of drug-likeness (QED) is 0.884. The Labute approximate surface area is 125 Å². The third-order valence-electron chi connectivity index (χ3n) is 4.31. The Balaban J connectivity index is 1.85. The summed E-state index contributed by atoms with van der Waals surface area (Å²) in [5.74, 6) is -0.265. The second kappa shape index (κ2) is 6.00. The van der Waals surface area contributed by atoms with Crippen molar-refractivity contribution in [2.45, 2.75) is 51.7 Å². The van der Waals surface area contributed by atoms with Gasteiger partial charge in [-0.3, -0.25) is 0 Å². The summed E-state index contributed by atoms with van der Waals surface area (Å²) in [6.45, 7) is 5.36. The maximum absolute atomic E-state index is 13.6. The van der Waals surface area contributed by atoms with Crippen LogP contribution in [0.1, 0.15) is 45.1 Å². The number of aliphatic hydroxyl groups is 1. The Morgan fingerprint density at radius 1 is 1.25 bits per heavy atom. The van der Waals surface area contributed by atoms with Gasteiger partial charge in [-0.05, 0) is 49.3 Å². The number of benzene rings is 1. The van der Waals surface area contributed by atoms with Crippen molar-refractivity contribution in [3.63, 3.8) is 0 Å². The largest absolute Gasteiger partial charge is 0.389 e. The summed E-state index contributed by atoms with van der Waals surface area (Å²) in [4.78, 5) is 0. The van der Waals surface area contributed by atoms with Crippen molar-refractivity contribution in [1.82, 2.24) is 5.32 Å². The normalized spacial score (nSPS) is 20.9. The minimum absolute atomic E-state index is 0.265. The summed E-state index contributed by atoms with van der Waals surface area (Å²) in [6.07, 6.45) is 3.64. The third kappa shape index (κ3) is 4.18. The molecular formula is C16H23ClFNO. The molecule has 20 heavy (non-hydrogen) atoms. The van der Waals surface area contributed by atoms with Crippen LogP contribution < -0.4 is 5.32 Å². The van der Waals surface area contributed by atoms with Crippen LogP contribution in [0.2, 0.25) is 5.02 Å². The molecule has 1 aromatic rings. The van der Waals surface area contributed by atoms with E-state index in [1.54, 1.807) is 6.07 Å². The SMILES string of the molecule is CC1(C)CCC(O)(CNCc2cc(Cl)ccc2F)CC1. The van der Waals surface area contributed by atoms with Gasteiger partial charge in [-0.25, -0.2) is 4.39 Å². The first-order valence-corrected chi connectivity index (χ1v) is 7.55. The number of hydrogen-bond acceptors (Lipinski definition) is 2. The molecule has 0 amide bonds. The molecule has 0 atom stereocenters. The van der Waals surface area contributed by atoms with Gasteiger partial charge in [-0.1, -0.05) is 25.4 Å². The van der Waals surface area contributed by atoms with Gasteiger partial charge in [-0.15, -0.1) is 0 Å². The predicted octanol–water partition coefficient (Wildman–Crippen LogP) is 3.90. The molecule has 2 N–H and O–H groups in total. The third-order valence-corrected chi connectivity index (χ3v) is 4.55. The molecule has 1 aromatic carbocycles. The van der Waals surface area contributed by atoms with Crippen molar-refractivity contribution in [2.75, 3.05) is 6.54 Å². The van der Waals surface area contributed by atoms with Crippen LogP contribution in [0.25, 0.3) is 0 Å². The van der Waals surface area contributed by atoms with Crippen molar-refractivity contribution in [1.29, 1.82) is 0 Å². The Kier molecular flexibility index (Phi) is 4.73. The topological polar surface area (TPSA) is 32.3 Å². The van der Waals surface area contributed by atoms with E-state index < -0.39 is 5.60 Å². The lowest BCUT2D eigenvalue weighted by molar-refractivity contribution is -0.0245. The minimum atomic E-state index is -0.662. The van der Waals surface area contributed by atoms with Gasteiger partial charge in [0.1, 0.15) is 5.82 Å². The molecule has 0 aromatic heterocycles. The maximum atomic E-state index is 13.6. The highest BCUT2D eigenvalue weighted by Crippen LogP contribution is 2.39. The van der Waals surface area contributed by atoms with E-state index in [1.807, 2.05) is 0 Å². The van der Waals surface area contributed by atoms with E-state index in [2.05, 4.69) is 19.2 Å². The van der Waals surface area contributed by atoms with Crippen LogP contribution in [0.15, 0.2) is 18.2 Å². The fraction of sp³-hybridized carbons (Fsp3) is 0.625. The molecule has 1 fully saturated rings. The standard InChI is InChI=1S/C16H23ClFNO/c1-15(2)5-7-16(20,8-6-15)11-19-10-12-9-13(17)3-4-14(12)18/h3-4,9,19-20H,5-8,10-11H2,1-2H3. The van der Waals surface area contributed by atoms with Crippen LogP contribution in [0.5, 0.6) is 0 Å². The van der Waals surface area contributed by atoms with Crippen LogP contribution >= 0.6 is 11.6 Å². The lowest BCUT2D eigenvalue weighted by Crippen LogP contribution is -2.44. The zero-order valence-electron chi connectivity index (χ0n) is 12.2. The molecule has 0 heterocycles. The average molecular weight is 300 g/mol. The summed E-state index contributed by atoms with van der Waals surface area (Å²) in [5, 5.41) is 14.2. The van der Waals surface area contributed by atoms with Gasteiger partial charge < -0.3 is 10.4 Å². The second-order valence-electron chi connectivity index (χ2n) is 6.73. The van der Waals surface area contributed by atoms with Gasteiger partial charge in [0, 0.05) is 23.7 Å². The summed E-state index contributed by atoms with van der Waals surface area (Å²) in [5.41, 5.74) is 0.202. The van der Waals surface area contributed by atoms with E-state index in [0.717, 1.165) is 25.7 Å². The highest BCUT2D eigenvalue weighted by Gasteiger charge is 2.36. The van der Waals surface area contributed by atoms with E-state index in [1.165, 1.54) is 12.1 Å². The first-order chi connectivity index (χ1) is 9.30. The van der Waals surface area contributed by atoms with Gasteiger partial charge in [0.05, 0.1) is 5.60 Å². The molecule has 2 rings (SSSR count). The minimum Gasteiger partial charge on any atom is -0.389 e. The van der Waals surface area contributed by atoms with Gasteiger partial charge in [0.2, 0.25) is 0 Å². The van der Waals surface area contributed by atoms with E-state index in [9.17, 15) is 9.50 Å². The van der Waals surface area contributed by atoms with E-state index in [0.29, 0.717) is 29.1 Å². The number of hydrogen-bond donors (Lipinski definition) is 2. The summed E-state index contributed by atoms with van der Waals surface area (Å²) in [6, 6.07) is 4.53. The van der Waals surface area contributed by atoms with Crippen molar-refractivity contribution in [2.24, 2.45) is 5.41 Å². The predicted molar refractivity (Wildman–Crippen MR) is 80.3 cm³/mol. The molecule has 2 nitrogen and oxygen atoms in total. The Morgan fingerprint density at radius 3 is 2.55 bits per heavy atom. The van der Waals surface area contributed by atoms with Gasteiger partial charge >= 0.3 is 0 Å². The smallest absolute Gasteiger partial charge is 0.127 e. The van der Waals surface area contributed by atoms with Crippen molar-refractivity contribution < 1.29 is 9.50 Å². The molecule has 0 saturated heterocycles. The number of rotatable bonds is 4. The van der Waals surface area contributed by atoms with E-state index in [4.69, 9.17) is 11.6 Å². The molecule has 0 aliphatic heterocycles. The van der Waals surface area contributed by atoms with Crippen LogP contribution in [-0.2, 0) is 6.54 Å². The monoisotopic (exact) mass is 299 g/mol. The van der Waals surface area contributed by atoms with E-state index >= 15 is 0 Å². The summed E-state index contributed by atoms with van der Waals surface area (Å²) in [7, 11) is 0. The highest BCUT2D eigenvalue weighted by atomic mass is 35.5. The van der Waals surface area contributed by atoms with Crippen LogP contribution in [0, 0.1) is 11.2 Å². The maximum Gasteiger partial charge on any atom is 0.127 e. The van der Waals surface area contributed by atoms with Crippen molar-refractivity contribution in [3.05, 3.63) is 34.6 Å². The zero-order chi connectivity index (χ0) is 14.8. The molecule has 1 aliphatic rings. The van der Waals surface area contributed by atoms with E-state index in [-0.39, 0.29) is 5.82 Å². The second-order valence-corrected chi connectivity index (χ2v) is 7.16. The fourth-order valence-corrected chi connectivity index (χ4v) is 2.87. The van der Waals surface area contributed by atoms with Gasteiger partial charge in [0.25, 0.3) is 0 Å². The van der Waals surface area contributed by atoms with Crippen LogP contribution in [0.4, 0.5) is 4.39 Å². The molecule has 0 unspecified atom stereocenters. The molecule has 1 aliphatic carbocycles. The van der Waals surface area contributed by atoms with Gasteiger partial charge in [-0.2, -0.15) is 0 Å². The highest BCUT2D eigenvalue weighted by molar-refractivity contribution is 6.30. The van der Waals surface area contributed by atoms with Crippen molar-refractivity contribution >= 4 is 11.6 Å². The Hall–Kier alpha value is -0.640. The lowest BCUT2D eigenvalue weighted by Gasteiger charge is -2.40. The zero-order valence-corrected chi connectivity index (χ0v) is 12.9.